The first kappa shape index (κ1) is 27.4. The molecule has 0 spiro atoms. The van der Waals surface area contributed by atoms with E-state index in [-0.39, 0.29) is 19.6 Å². The van der Waals surface area contributed by atoms with Crippen molar-refractivity contribution in [1.29, 1.82) is 0 Å². The molecule has 0 aliphatic rings. The molecule has 170 valence electrons. The van der Waals surface area contributed by atoms with Gasteiger partial charge in [0.1, 0.15) is 12.6 Å². The monoisotopic (exact) mass is 415 g/mol. The van der Waals surface area contributed by atoms with Gasteiger partial charge in [-0.3, -0.25) is 9.59 Å². The largest absolute Gasteiger partial charge is 0.466 e. The molecule has 0 aromatic carbocycles. The third-order valence-electron chi connectivity index (χ3n) is 4.48. The Balaban J connectivity index is 3.97. The summed E-state index contributed by atoms with van der Waals surface area (Å²) in [5.41, 5.74) is 0. The van der Waals surface area contributed by atoms with E-state index in [4.69, 9.17) is 14.2 Å². The lowest BCUT2D eigenvalue weighted by atomic mass is 10.1. The highest BCUT2D eigenvalue weighted by Crippen LogP contribution is 2.10. The Morgan fingerprint density at radius 1 is 0.759 bits per heavy atom. The van der Waals surface area contributed by atoms with Gasteiger partial charge in [0.2, 0.25) is 5.91 Å². The number of methoxy groups -OCH3 is 1. The molecular formula is C22H41NO6. The predicted octanol–water partition coefficient (Wildman–Crippen LogP) is 3.93. The second kappa shape index (κ2) is 19.7. The van der Waals surface area contributed by atoms with Crippen LogP contribution in [0.2, 0.25) is 0 Å². The Kier molecular flexibility index (Phi) is 18.6. The zero-order chi connectivity index (χ0) is 21.7. The lowest BCUT2D eigenvalue weighted by Gasteiger charge is -2.17. The molecule has 0 saturated heterocycles. The second-order valence-corrected chi connectivity index (χ2v) is 7.33. The van der Waals surface area contributed by atoms with Crippen LogP contribution >= 0.6 is 0 Å². The fourth-order valence-corrected chi connectivity index (χ4v) is 2.86. The maximum absolute atomic E-state index is 12.1. The van der Waals surface area contributed by atoms with Gasteiger partial charge in [-0.15, -0.1) is 0 Å². The van der Waals surface area contributed by atoms with Crippen molar-refractivity contribution < 1.29 is 28.6 Å². The van der Waals surface area contributed by atoms with E-state index in [1.807, 2.05) is 6.92 Å². The van der Waals surface area contributed by atoms with Gasteiger partial charge in [-0.1, -0.05) is 71.6 Å². The van der Waals surface area contributed by atoms with E-state index in [9.17, 15) is 14.4 Å². The van der Waals surface area contributed by atoms with Crippen molar-refractivity contribution in [3.8, 4) is 0 Å². The molecule has 7 nitrogen and oxygen atoms in total. The van der Waals surface area contributed by atoms with Crippen molar-refractivity contribution >= 4 is 17.8 Å². The molecule has 1 unspecified atom stereocenters. The summed E-state index contributed by atoms with van der Waals surface area (Å²) in [4.78, 5) is 35.7. The van der Waals surface area contributed by atoms with E-state index in [2.05, 4.69) is 12.2 Å². The number of unbranched alkanes of at least 4 members (excludes halogenated alkanes) is 9. The minimum Gasteiger partial charge on any atom is -0.466 e. The highest BCUT2D eigenvalue weighted by molar-refractivity contribution is 5.88. The first-order valence-electron chi connectivity index (χ1n) is 11.2. The summed E-state index contributed by atoms with van der Waals surface area (Å²) in [6, 6.07) is -1.05. The number of nitrogens with one attached hydrogen (secondary N) is 1. The van der Waals surface area contributed by atoms with Crippen LogP contribution in [0.1, 0.15) is 90.9 Å². The molecule has 1 atom stereocenters. The van der Waals surface area contributed by atoms with Gasteiger partial charge in [0, 0.05) is 7.11 Å². The Bertz CT molecular complexity index is 441. The lowest BCUT2D eigenvalue weighted by Crippen LogP contribution is -2.44. The van der Waals surface area contributed by atoms with E-state index in [1.165, 1.54) is 52.1 Å². The summed E-state index contributed by atoms with van der Waals surface area (Å²) in [6.45, 7) is 4.47. The van der Waals surface area contributed by atoms with Gasteiger partial charge < -0.3 is 19.5 Å². The van der Waals surface area contributed by atoms with E-state index in [0.717, 1.165) is 19.3 Å². The predicted molar refractivity (Wildman–Crippen MR) is 112 cm³/mol. The van der Waals surface area contributed by atoms with Crippen LogP contribution in [0.15, 0.2) is 0 Å². The van der Waals surface area contributed by atoms with Crippen LogP contribution in [-0.4, -0.2) is 50.8 Å². The van der Waals surface area contributed by atoms with Gasteiger partial charge in [0.05, 0.1) is 19.6 Å². The standard InChI is InChI=1S/C22H41NO6/c1-4-6-7-8-9-10-11-12-13-14-16-28-21(25)17-19(22(26)29-15-5-2)23-20(24)18-27-3/h19H,4-18H2,1-3H3,(H,23,24). The quantitative estimate of drug-likeness (QED) is 0.254. The first-order chi connectivity index (χ1) is 14.0. The molecule has 0 rings (SSSR count). The third kappa shape index (κ3) is 17.0. The molecule has 0 aromatic rings. The fourth-order valence-electron chi connectivity index (χ4n) is 2.86. The summed E-state index contributed by atoms with van der Waals surface area (Å²) in [6.07, 6.45) is 12.5. The molecule has 29 heavy (non-hydrogen) atoms. The average molecular weight is 416 g/mol. The number of ether oxygens (including phenoxy) is 3. The summed E-state index contributed by atoms with van der Waals surface area (Å²) < 4.78 is 15.0. The molecule has 0 fully saturated rings. The Labute approximate surface area is 176 Å². The molecule has 0 radical (unpaired) electrons. The topological polar surface area (TPSA) is 90.9 Å². The van der Waals surface area contributed by atoms with Crippen molar-refractivity contribution in [1.82, 2.24) is 5.32 Å². The van der Waals surface area contributed by atoms with Gasteiger partial charge in [-0.05, 0) is 12.8 Å². The molecule has 7 heteroatoms. The highest BCUT2D eigenvalue weighted by Gasteiger charge is 2.26. The van der Waals surface area contributed by atoms with Crippen molar-refractivity contribution in [2.75, 3.05) is 26.9 Å². The Morgan fingerprint density at radius 2 is 1.34 bits per heavy atom. The molecule has 0 aromatic heterocycles. The van der Waals surface area contributed by atoms with E-state index in [1.54, 1.807) is 0 Å². The molecule has 1 amide bonds. The van der Waals surface area contributed by atoms with Crippen molar-refractivity contribution in [3.05, 3.63) is 0 Å². The molecule has 0 bridgehead atoms. The fraction of sp³-hybridized carbons (Fsp3) is 0.864. The maximum atomic E-state index is 12.1. The number of rotatable bonds is 19. The van der Waals surface area contributed by atoms with Crippen LogP contribution in [0, 0.1) is 0 Å². The van der Waals surface area contributed by atoms with Crippen molar-refractivity contribution in [2.24, 2.45) is 0 Å². The van der Waals surface area contributed by atoms with Gasteiger partial charge in [-0.25, -0.2) is 4.79 Å². The van der Waals surface area contributed by atoms with Crippen LogP contribution < -0.4 is 5.32 Å². The van der Waals surface area contributed by atoms with Gasteiger partial charge >= 0.3 is 11.9 Å². The smallest absolute Gasteiger partial charge is 0.329 e. The first-order valence-corrected chi connectivity index (χ1v) is 11.2. The Morgan fingerprint density at radius 3 is 1.90 bits per heavy atom. The van der Waals surface area contributed by atoms with Crippen LogP contribution in [0.4, 0.5) is 0 Å². The minimum absolute atomic E-state index is 0.189. The zero-order valence-corrected chi connectivity index (χ0v) is 18.6. The van der Waals surface area contributed by atoms with Gasteiger partial charge in [0.25, 0.3) is 0 Å². The number of hydrogen-bond acceptors (Lipinski definition) is 6. The van der Waals surface area contributed by atoms with Crippen molar-refractivity contribution in [2.45, 2.75) is 96.9 Å². The second-order valence-electron chi connectivity index (χ2n) is 7.33. The summed E-state index contributed by atoms with van der Waals surface area (Å²) >= 11 is 0. The molecule has 0 saturated carbocycles. The molecule has 0 heterocycles. The van der Waals surface area contributed by atoms with Crippen LogP contribution in [-0.2, 0) is 28.6 Å². The van der Waals surface area contributed by atoms with Gasteiger partial charge in [0.15, 0.2) is 0 Å². The number of amides is 1. The third-order valence-corrected chi connectivity index (χ3v) is 4.48. The molecule has 0 aliphatic carbocycles. The van der Waals surface area contributed by atoms with E-state index in [0.29, 0.717) is 13.0 Å². The maximum Gasteiger partial charge on any atom is 0.329 e. The SMILES string of the molecule is CCCCCCCCCCCCOC(=O)CC(NC(=O)COC)C(=O)OCCC. The summed E-state index contributed by atoms with van der Waals surface area (Å²) in [5.74, 6) is -1.63. The number of hydrogen-bond donors (Lipinski definition) is 1. The number of carbonyl (C=O) groups is 3. The van der Waals surface area contributed by atoms with Gasteiger partial charge in [-0.2, -0.15) is 0 Å². The number of esters is 2. The average Bonchev–Trinajstić information content (AvgIpc) is 2.69. The number of carbonyl (C=O) groups excluding carboxylic acids is 3. The molecular weight excluding hydrogens is 374 g/mol. The zero-order valence-electron chi connectivity index (χ0n) is 18.6. The van der Waals surface area contributed by atoms with Crippen molar-refractivity contribution in [3.63, 3.8) is 0 Å². The van der Waals surface area contributed by atoms with E-state index >= 15 is 0 Å². The highest BCUT2D eigenvalue weighted by atomic mass is 16.5. The summed E-state index contributed by atoms with van der Waals surface area (Å²) in [7, 11) is 1.38. The van der Waals surface area contributed by atoms with Crippen LogP contribution in [0.3, 0.4) is 0 Å². The minimum atomic E-state index is -1.05. The van der Waals surface area contributed by atoms with Crippen LogP contribution in [0.5, 0.6) is 0 Å². The normalized spacial score (nSPS) is 11.7. The molecule has 1 N–H and O–H groups in total. The molecule has 0 aliphatic heterocycles. The summed E-state index contributed by atoms with van der Waals surface area (Å²) in [5, 5.41) is 2.46. The van der Waals surface area contributed by atoms with E-state index < -0.39 is 23.9 Å². The Hall–Kier alpha value is -1.63. The lowest BCUT2D eigenvalue weighted by molar-refractivity contribution is -0.154. The van der Waals surface area contributed by atoms with Crippen LogP contribution in [0.25, 0.3) is 0 Å².